The van der Waals surface area contributed by atoms with E-state index in [0.29, 0.717) is 31.0 Å². The van der Waals surface area contributed by atoms with E-state index in [9.17, 15) is 4.79 Å². The molecule has 0 radical (unpaired) electrons. The third kappa shape index (κ3) is 6.92. The summed E-state index contributed by atoms with van der Waals surface area (Å²) < 4.78 is 0. The Balaban J connectivity index is 1.52. The van der Waals surface area contributed by atoms with E-state index in [0.717, 1.165) is 48.8 Å². The number of nitrogens with zero attached hydrogens (tertiary/aromatic N) is 4. The fraction of sp³-hybridized carbons (Fsp3) is 0.308. The molecular weight excluding hydrogens is 440 g/mol. The summed E-state index contributed by atoms with van der Waals surface area (Å²) in [5.41, 5.74) is 10.7. The molecular formula is C26H32N8O. The molecule has 4 rings (SSSR count). The Hall–Kier alpha value is -3.66. The lowest BCUT2D eigenvalue weighted by molar-refractivity contribution is -0.106. The van der Waals surface area contributed by atoms with Crippen molar-refractivity contribution >= 4 is 35.1 Å². The Morgan fingerprint density at radius 3 is 2.46 bits per heavy atom. The minimum Gasteiger partial charge on any atom is -0.340 e. The molecule has 1 unspecified atom stereocenters. The number of carbonyl (C=O) groups excluding carboxylic acids is 1. The SMILES string of the molecule is CC(CC(c1cccc(Nc2cc(Nc3cccc(CN)c3)ncn2)c1)N1CCNCC1)=NC=O. The van der Waals surface area contributed by atoms with E-state index < -0.39 is 0 Å². The first-order valence-electron chi connectivity index (χ1n) is 11.8. The van der Waals surface area contributed by atoms with E-state index in [1.807, 2.05) is 49.4 Å². The summed E-state index contributed by atoms with van der Waals surface area (Å²) >= 11 is 0. The van der Waals surface area contributed by atoms with Gasteiger partial charge in [0.25, 0.3) is 0 Å². The quantitative estimate of drug-likeness (QED) is 0.262. The van der Waals surface area contributed by atoms with Gasteiger partial charge in [-0.3, -0.25) is 9.69 Å². The highest BCUT2D eigenvalue weighted by Crippen LogP contribution is 2.29. The molecule has 5 N–H and O–H groups in total. The lowest BCUT2D eigenvalue weighted by Gasteiger charge is -2.35. The molecule has 35 heavy (non-hydrogen) atoms. The molecule has 3 aromatic rings. The van der Waals surface area contributed by atoms with Gasteiger partial charge in [0.2, 0.25) is 6.41 Å². The molecule has 2 aromatic carbocycles. The highest BCUT2D eigenvalue weighted by Gasteiger charge is 2.23. The molecule has 1 fully saturated rings. The highest BCUT2D eigenvalue weighted by atomic mass is 16.1. The van der Waals surface area contributed by atoms with Gasteiger partial charge >= 0.3 is 0 Å². The largest absolute Gasteiger partial charge is 0.340 e. The number of rotatable bonds is 10. The minimum atomic E-state index is 0.139. The molecule has 9 nitrogen and oxygen atoms in total. The summed E-state index contributed by atoms with van der Waals surface area (Å²) in [5, 5.41) is 10.1. The lowest BCUT2D eigenvalue weighted by atomic mass is 9.98. The Labute approximate surface area is 205 Å². The summed E-state index contributed by atoms with van der Waals surface area (Å²) in [5.74, 6) is 1.37. The van der Waals surface area contributed by atoms with Crippen LogP contribution in [0.3, 0.4) is 0 Å². The number of carbonyl (C=O) groups is 1. The van der Waals surface area contributed by atoms with E-state index in [4.69, 9.17) is 5.73 Å². The van der Waals surface area contributed by atoms with Crippen LogP contribution in [0.15, 0.2) is 65.9 Å². The zero-order valence-corrected chi connectivity index (χ0v) is 19.9. The standard InChI is InChI=1S/C26H32N8O/c1-19(31-18-35)12-24(34-10-8-28-9-11-34)21-5-3-7-23(14-21)33-26-15-25(29-17-30-26)32-22-6-2-4-20(13-22)16-27/h2-7,13-15,17-18,24,28H,8-12,16,27H2,1H3,(H2,29,30,32,33). The van der Waals surface area contributed by atoms with Crippen LogP contribution in [-0.4, -0.2) is 53.2 Å². The van der Waals surface area contributed by atoms with Crippen molar-refractivity contribution in [1.29, 1.82) is 0 Å². The van der Waals surface area contributed by atoms with E-state index in [1.165, 1.54) is 11.9 Å². The molecule has 1 saturated heterocycles. The number of aromatic nitrogens is 2. The van der Waals surface area contributed by atoms with Crippen molar-refractivity contribution in [3.8, 4) is 0 Å². The highest BCUT2D eigenvalue weighted by molar-refractivity contribution is 5.88. The van der Waals surface area contributed by atoms with Crippen LogP contribution in [-0.2, 0) is 11.3 Å². The van der Waals surface area contributed by atoms with Gasteiger partial charge in [0.1, 0.15) is 18.0 Å². The molecule has 0 spiro atoms. The first-order valence-corrected chi connectivity index (χ1v) is 11.8. The maximum Gasteiger partial charge on any atom is 0.232 e. The predicted molar refractivity (Wildman–Crippen MR) is 140 cm³/mol. The summed E-state index contributed by atoms with van der Waals surface area (Å²) in [4.78, 5) is 26.1. The van der Waals surface area contributed by atoms with Crippen LogP contribution < -0.4 is 21.7 Å². The van der Waals surface area contributed by atoms with Crippen molar-refractivity contribution in [3.63, 3.8) is 0 Å². The monoisotopic (exact) mass is 472 g/mol. The number of amides is 1. The van der Waals surface area contributed by atoms with Gasteiger partial charge in [-0.15, -0.1) is 0 Å². The summed E-state index contributed by atoms with van der Waals surface area (Å²) in [6.07, 6.45) is 2.85. The number of benzene rings is 2. The number of hydrogen-bond donors (Lipinski definition) is 4. The van der Waals surface area contributed by atoms with Crippen LogP contribution in [0.4, 0.5) is 23.0 Å². The average Bonchev–Trinajstić information content (AvgIpc) is 2.88. The van der Waals surface area contributed by atoms with Crippen molar-refractivity contribution in [3.05, 3.63) is 72.1 Å². The summed E-state index contributed by atoms with van der Waals surface area (Å²) in [6, 6.07) is 18.3. The van der Waals surface area contributed by atoms with Gasteiger partial charge < -0.3 is 21.7 Å². The minimum absolute atomic E-state index is 0.139. The second-order valence-electron chi connectivity index (χ2n) is 8.54. The Morgan fingerprint density at radius 2 is 1.77 bits per heavy atom. The third-order valence-corrected chi connectivity index (χ3v) is 6.00. The molecule has 1 aliphatic rings. The molecule has 0 saturated carbocycles. The number of piperazine rings is 1. The molecule has 0 aliphatic carbocycles. The maximum absolute atomic E-state index is 10.9. The molecule has 1 aliphatic heterocycles. The number of anilines is 4. The fourth-order valence-corrected chi connectivity index (χ4v) is 4.26. The van der Waals surface area contributed by atoms with Gasteiger partial charge in [-0.05, 0) is 42.3 Å². The second kappa shape index (κ2) is 12.2. The summed E-state index contributed by atoms with van der Waals surface area (Å²) in [7, 11) is 0. The lowest BCUT2D eigenvalue weighted by Crippen LogP contribution is -2.45. The maximum atomic E-state index is 10.9. The Morgan fingerprint density at radius 1 is 1.09 bits per heavy atom. The van der Waals surface area contributed by atoms with Gasteiger partial charge in [0, 0.05) is 68.3 Å². The number of hydrogen-bond acceptors (Lipinski definition) is 8. The number of nitrogens with one attached hydrogen (secondary N) is 3. The smallest absolute Gasteiger partial charge is 0.232 e. The summed E-state index contributed by atoms with van der Waals surface area (Å²) in [6.45, 7) is 6.18. The molecule has 1 atom stereocenters. The van der Waals surface area contributed by atoms with E-state index in [-0.39, 0.29) is 6.04 Å². The predicted octanol–water partition coefficient (Wildman–Crippen LogP) is 3.38. The van der Waals surface area contributed by atoms with Crippen molar-refractivity contribution in [2.45, 2.75) is 25.9 Å². The van der Waals surface area contributed by atoms with E-state index >= 15 is 0 Å². The van der Waals surface area contributed by atoms with Crippen molar-refractivity contribution in [2.75, 3.05) is 36.8 Å². The molecule has 1 aromatic heterocycles. The van der Waals surface area contributed by atoms with Crippen molar-refractivity contribution in [2.24, 2.45) is 10.7 Å². The zero-order valence-electron chi connectivity index (χ0n) is 19.9. The van der Waals surface area contributed by atoms with Crippen LogP contribution in [0.1, 0.15) is 30.5 Å². The van der Waals surface area contributed by atoms with E-state index in [2.05, 4.69) is 47.9 Å². The van der Waals surface area contributed by atoms with Gasteiger partial charge in [0.05, 0.1) is 0 Å². The zero-order chi connectivity index (χ0) is 24.5. The van der Waals surface area contributed by atoms with E-state index in [1.54, 1.807) is 0 Å². The van der Waals surface area contributed by atoms with Gasteiger partial charge in [-0.25, -0.2) is 15.0 Å². The topological polar surface area (TPSA) is 121 Å². The normalized spacial score (nSPS) is 15.4. The van der Waals surface area contributed by atoms with Crippen LogP contribution in [0.5, 0.6) is 0 Å². The van der Waals surface area contributed by atoms with Gasteiger partial charge in [-0.1, -0.05) is 24.3 Å². The fourth-order valence-electron chi connectivity index (χ4n) is 4.26. The van der Waals surface area contributed by atoms with Crippen LogP contribution in [0.2, 0.25) is 0 Å². The second-order valence-corrected chi connectivity index (χ2v) is 8.54. The van der Waals surface area contributed by atoms with Crippen molar-refractivity contribution in [1.82, 2.24) is 20.2 Å². The van der Waals surface area contributed by atoms with Crippen molar-refractivity contribution < 1.29 is 4.79 Å². The molecule has 182 valence electrons. The molecule has 9 heteroatoms. The third-order valence-electron chi connectivity index (χ3n) is 6.00. The van der Waals surface area contributed by atoms with Crippen LogP contribution >= 0.6 is 0 Å². The van der Waals surface area contributed by atoms with Crippen LogP contribution in [0.25, 0.3) is 0 Å². The first-order chi connectivity index (χ1) is 17.1. The Bertz CT molecular complexity index is 1160. The van der Waals surface area contributed by atoms with Crippen LogP contribution in [0, 0.1) is 0 Å². The average molecular weight is 473 g/mol. The molecule has 2 heterocycles. The van der Waals surface area contributed by atoms with Gasteiger partial charge in [-0.2, -0.15) is 0 Å². The number of aliphatic imine (C=N–C) groups is 1. The Kier molecular flexibility index (Phi) is 8.50. The number of nitrogens with two attached hydrogens (primary N) is 1. The molecule has 1 amide bonds. The first kappa shape index (κ1) is 24.5. The molecule has 0 bridgehead atoms. The van der Waals surface area contributed by atoms with Gasteiger partial charge in [0.15, 0.2) is 0 Å².